The molecule has 0 heterocycles. The molecule has 0 radical (unpaired) electrons. The predicted octanol–water partition coefficient (Wildman–Crippen LogP) is 3.04. The largest absolute Gasteiger partial charge is 0.488 e. The zero-order chi connectivity index (χ0) is 14.4. The maximum absolute atomic E-state index is 10.9. The van der Waals surface area contributed by atoms with Crippen LogP contribution in [0.3, 0.4) is 0 Å². The molecule has 0 aliphatic rings. The van der Waals surface area contributed by atoms with Gasteiger partial charge < -0.3 is 10.1 Å². The van der Waals surface area contributed by atoms with Crippen LogP contribution < -0.4 is 10.1 Å². The molecule has 2 aromatic rings. The zero-order valence-electron chi connectivity index (χ0n) is 11.1. The first kappa shape index (κ1) is 13.8. The minimum absolute atomic E-state index is 0.103. The average Bonchev–Trinajstić information content (AvgIpc) is 2.46. The van der Waals surface area contributed by atoms with Crippen molar-refractivity contribution >= 4 is 17.9 Å². The Morgan fingerprint density at radius 2 is 1.85 bits per heavy atom. The van der Waals surface area contributed by atoms with Crippen molar-refractivity contribution in [3.63, 3.8) is 0 Å². The molecule has 20 heavy (non-hydrogen) atoms. The fraction of sp³-hybridized carbons (Fsp3) is 0.125. The van der Waals surface area contributed by atoms with E-state index >= 15 is 0 Å². The van der Waals surface area contributed by atoms with Crippen molar-refractivity contribution in [2.24, 2.45) is 0 Å². The second kappa shape index (κ2) is 6.52. The number of amides is 1. The molecule has 0 spiro atoms. The highest BCUT2D eigenvalue weighted by molar-refractivity contribution is 5.88. The van der Waals surface area contributed by atoms with Crippen LogP contribution in [0.25, 0.3) is 0 Å². The van der Waals surface area contributed by atoms with Gasteiger partial charge in [-0.2, -0.15) is 0 Å². The van der Waals surface area contributed by atoms with Gasteiger partial charge >= 0.3 is 0 Å². The molecule has 0 fully saturated rings. The summed E-state index contributed by atoms with van der Waals surface area (Å²) in [5, 5.41) is 2.70. The molecular weight excluding hydrogens is 254 g/mol. The lowest BCUT2D eigenvalue weighted by molar-refractivity contribution is -0.114. The van der Waals surface area contributed by atoms with E-state index < -0.39 is 0 Å². The van der Waals surface area contributed by atoms with Gasteiger partial charge in [-0.3, -0.25) is 9.59 Å². The van der Waals surface area contributed by atoms with Crippen LogP contribution in [0.5, 0.6) is 5.75 Å². The van der Waals surface area contributed by atoms with Gasteiger partial charge in [-0.1, -0.05) is 24.3 Å². The lowest BCUT2D eigenvalue weighted by atomic mass is 10.2. The van der Waals surface area contributed by atoms with Gasteiger partial charge in [-0.15, -0.1) is 0 Å². The molecule has 102 valence electrons. The molecule has 4 heteroatoms. The van der Waals surface area contributed by atoms with E-state index in [4.69, 9.17) is 4.74 Å². The third-order valence-electron chi connectivity index (χ3n) is 2.71. The smallest absolute Gasteiger partial charge is 0.221 e. The van der Waals surface area contributed by atoms with Crippen molar-refractivity contribution in [1.82, 2.24) is 0 Å². The first-order chi connectivity index (χ1) is 9.69. The Hall–Kier alpha value is -2.62. The second-order valence-electron chi connectivity index (χ2n) is 4.32. The Morgan fingerprint density at radius 1 is 1.15 bits per heavy atom. The summed E-state index contributed by atoms with van der Waals surface area (Å²) in [6.45, 7) is 1.83. The predicted molar refractivity (Wildman–Crippen MR) is 76.9 cm³/mol. The van der Waals surface area contributed by atoms with E-state index in [1.165, 1.54) is 6.92 Å². The molecule has 0 saturated heterocycles. The lowest BCUT2D eigenvalue weighted by Gasteiger charge is -2.09. The van der Waals surface area contributed by atoms with Crippen LogP contribution in [0.1, 0.15) is 22.8 Å². The number of carbonyl (C=O) groups excluding carboxylic acids is 2. The number of hydrogen-bond acceptors (Lipinski definition) is 3. The summed E-state index contributed by atoms with van der Waals surface area (Å²) in [5.41, 5.74) is 2.23. The van der Waals surface area contributed by atoms with Gasteiger partial charge in [0.2, 0.25) is 5.91 Å². The Kier molecular flexibility index (Phi) is 4.50. The quantitative estimate of drug-likeness (QED) is 0.849. The Bertz CT molecular complexity index is 605. The van der Waals surface area contributed by atoms with E-state index in [-0.39, 0.29) is 5.91 Å². The van der Waals surface area contributed by atoms with Crippen molar-refractivity contribution < 1.29 is 14.3 Å². The molecule has 0 atom stereocenters. The second-order valence-corrected chi connectivity index (χ2v) is 4.32. The van der Waals surface area contributed by atoms with Gasteiger partial charge in [0.1, 0.15) is 12.4 Å². The van der Waals surface area contributed by atoms with Gasteiger partial charge in [-0.05, 0) is 29.8 Å². The SMILES string of the molecule is CC(=O)Nc1ccc(COc2ccccc2C=O)cc1. The summed E-state index contributed by atoms with van der Waals surface area (Å²) in [7, 11) is 0. The van der Waals surface area contributed by atoms with Gasteiger partial charge in [-0.25, -0.2) is 0 Å². The van der Waals surface area contributed by atoms with Crippen LogP contribution in [-0.2, 0) is 11.4 Å². The van der Waals surface area contributed by atoms with Crippen LogP contribution in [0, 0.1) is 0 Å². The number of nitrogens with one attached hydrogen (secondary N) is 1. The number of carbonyl (C=O) groups is 2. The van der Waals surface area contributed by atoms with E-state index in [1.54, 1.807) is 18.2 Å². The van der Waals surface area contributed by atoms with E-state index in [2.05, 4.69) is 5.32 Å². The van der Waals surface area contributed by atoms with Crippen molar-refractivity contribution in [2.45, 2.75) is 13.5 Å². The van der Waals surface area contributed by atoms with Crippen molar-refractivity contribution in [3.05, 3.63) is 59.7 Å². The highest BCUT2D eigenvalue weighted by Gasteiger charge is 2.02. The summed E-state index contributed by atoms with van der Waals surface area (Å²) in [6.07, 6.45) is 0.773. The third kappa shape index (κ3) is 3.68. The molecule has 1 N–H and O–H groups in total. The van der Waals surface area contributed by atoms with Crippen molar-refractivity contribution in [3.8, 4) is 5.75 Å². The highest BCUT2D eigenvalue weighted by atomic mass is 16.5. The molecule has 0 aliphatic carbocycles. The van der Waals surface area contributed by atoms with Gasteiger partial charge in [0.15, 0.2) is 6.29 Å². The molecule has 0 aromatic heterocycles. The molecule has 2 rings (SSSR count). The molecule has 4 nitrogen and oxygen atoms in total. The van der Waals surface area contributed by atoms with Crippen LogP contribution in [0.15, 0.2) is 48.5 Å². The fourth-order valence-corrected chi connectivity index (χ4v) is 1.76. The maximum Gasteiger partial charge on any atom is 0.221 e. The summed E-state index contributed by atoms with van der Waals surface area (Å²) >= 11 is 0. The molecule has 0 aliphatic heterocycles. The number of para-hydroxylation sites is 1. The summed E-state index contributed by atoms with van der Waals surface area (Å²) in [4.78, 5) is 21.8. The number of ether oxygens (including phenoxy) is 1. The first-order valence-corrected chi connectivity index (χ1v) is 6.22. The van der Waals surface area contributed by atoms with E-state index in [0.29, 0.717) is 17.9 Å². The summed E-state index contributed by atoms with van der Waals surface area (Å²) in [6, 6.07) is 14.4. The Balaban J connectivity index is 2.00. The van der Waals surface area contributed by atoms with Crippen LogP contribution >= 0.6 is 0 Å². The normalized spacial score (nSPS) is 9.85. The number of rotatable bonds is 5. The molecule has 0 bridgehead atoms. The van der Waals surface area contributed by atoms with Crippen LogP contribution in [0.4, 0.5) is 5.69 Å². The number of benzene rings is 2. The lowest BCUT2D eigenvalue weighted by Crippen LogP contribution is -2.05. The molecule has 0 saturated carbocycles. The van der Waals surface area contributed by atoms with Crippen LogP contribution in [0.2, 0.25) is 0 Å². The minimum Gasteiger partial charge on any atom is -0.488 e. The molecular formula is C16H15NO3. The average molecular weight is 269 g/mol. The van der Waals surface area contributed by atoms with E-state index in [0.717, 1.165) is 17.5 Å². The standard InChI is InChI=1S/C16H15NO3/c1-12(19)17-15-8-6-13(7-9-15)11-20-16-5-3-2-4-14(16)10-18/h2-10H,11H2,1H3,(H,17,19). The summed E-state index contributed by atoms with van der Waals surface area (Å²) in [5.74, 6) is 0.461. The summed E-state index contributed by atoms with van der Waals surface area (Å²) < 4.78 is 5.62. The molecule has 2 aromatic carbocycles. The minimum atomic E-state index is -0.103. The third-order valence-corrected chi connectivity index (χ3v) is 2.71. The fourth-order valence-electron chi connectivity index (χ4n) is 1.76. The van der Waals surface area contributed by atoms with Crippen LogP contribution in [-0.4, -0.2) is 12.2 Å². The maximum atomic E-state index is 10.9. The van der Waals surface area contributed by atoms with E-state index in [9.17, 15) is 9.59 Å². The van der Waals surface area contributed by atoms with Crippen molar-refractivity contribution in [1.29, 1.82) is 0 Å². The Morgan fingerprint density at radius 3 is 2.50 bits per heavy atom. The monoisotopic (exact) mass is 269 g/mol. The topological polar surface area (TPSA) is 55.4 Å². The van der Waals surface area contributed by atoms with Gasteiger partial charge in [0, 0.05) is 12.6 Å². The van der Waals surface area contributed by atoms with Gasteiger partial charge in [0.05, 0.1) is 5.56 Å². The zero-order valence-corrected chi connectivity index (χ0v) is 11.1. The number of anilines is 1. The highest BCUT2D eigenvalue weighted by Crippen LogP contribution is 2.18. The molecule has 1 amide bonds. The van der Waals surface area contributed by atoms with Crippen molar-refractivity contribution in [2.75, 3.05) is 5.32 Å². The Labute approximate surface area is 117 Å². The molecule has 0 unspecified atom stereocenters. The number of aldehydes is 1. The number of hydrogen-bond donors (Lipinski definition) is 1. The first-order valence-electron chi connectivity index (χ1n) is 6.22. The van der Waals surface area contributed by atoms with E-state index in [1.807, 2.05) is 30.3 Å². The van der Waals surface area contributed by atoms with Gasteiger partial charge in [0.25, 0.3) is 0 Å².